The van der Waals surface area contributed by atoms with Gasteiger partial charge in [-0.2, -0.15) is 4.98 Å². The molecule has 5 rings (SSSR count). The minimum atomic E-state index is -0.0296. The minimum Gasteiger partial charge on any atom is -0.493 e. The lowest BCUT2D eigenvalue weighted by Crippen LogP contribution is -2.50. The molecular formula is C31H39ClN8O4. The second-order valence-electron chi connectivity index (χ2n) is 11.0. The van der Waals surface area contributed by atoms with Gasteiger partial charge in [-0.15, -0.1) is 0 Å². The van der Waals surface area contributed by atoms with E-state index in [9.17, 15) is 4.79 Å². The number of nitrogen functional groups attached to an aromatic ring is 2. The fraction of sp³-hybridized carbons (Fsp3) is 0.387. The van der Waals surface area contributed by atoms with Crippen LogP contribution in [-0.2, 0) is 13.0 Å². The Morgan fingerprint density at radius 1 is 1.09 bits per heavy atom. The van der Waals surface area contributed by atoms with Crippen molar-refractivity contribution in [2.45, 2.75) is 13.0 Å². The lowest BCUT2D eigenvalue weighted by molar-refractivity contribution is 0.0630. The number of anilines is 3. The number of nitrogens with zero attached hydrogens (tertiary/aromatic N) is 5. The quantitative estimate of drug-likeness (QED) is 0.225. The summed E-state index contributed by atoms with van der Waals surface area (Å²) in [5.74, 6) is 2.01. The van der Waals surface area contributed by atoms with Gasteiger partial charge in [-0.1, -0.05) is 11.6 Å². The fourth-order valence-electron chi connectivity index (χ4n) is 5.33. The van der Waals surface area contributed by atoms with Crippen molar-refractivity contribution in [3.63, 3.8) is 0 Å². The predicted molar refractivity (Wildman–Crippen MR) is 173 cm³/mol. The Labute approximate surface area is 261 Å². The molecule has 0 atom stereocenters. The predicted octanol–water partition coefficient (Wildman–Crippen LogP) is 3.58. The number of piperazine rings is 1. The van der Waals surface area contributed by atoms with Crippen LogP contribution in [0.25, 0.3) is 11.0 Å². The summed E-state index contributed by atoms with van der Waals surface area (Å²) in [5, 5.41) is 4.73. The van der Waals surface area contributed by atoms with Gasteiger partial charge in [0, 0.05) is 73.5 Å². The number of benzene rings is 2. The summed E-state index contributed by atoms with van der Waals surface area (Å²) < 4.78 is 17.6. The molecule has 2 aromatic carbocycles. The van der Waals surface area contributed by atoms with Gasteiger partial charge in [0.15, 0.2) is 11.3 Å². The second-order valence-corrected chi connectivity index (χ2v) is 11.5. The summed E-state index contributed by atoms with van der Waals surface area (Å²) in [4.78, 5) is 28.2. The van der Waals surface area contributed by atoms with E-state index in [1.54, 1.807) is 38.6 Å². The summed E-state index contributed by atoms with van der Waals surface area (Å²) in [6.45, 7) is 5.31. The van der Waals surface area contributed by atoms with Crippen molar-refractivity contribution in [3.8, 4) is 11.5 Å². The first-order valence-corrected chi connectivity index (χ1v) is 14.8. The van der Waals surface area contributed by atoms with E-state index in [-0.39, 0.29) is 11.9 Å². The van der Waals surface area contributed by atoms with E-state index in [0.29, 0.717) is 76.6 Å². The Kier molecular flexibility index (Phi) is 9.62. The average Bonchev–Trinajstić information content (AvgIpc) is 3.44. The molecule has 0 radical (unpaired) electrons. The van der Waals surface area contributed by atoms with Crippen molar-refractivity contribution in [2.24, 2.45) is 0 Å². The van der Waals surface area contributed by atoms with E-state index in [1.165, 1.54) is 0 Å². The van der Waals surface area contributed by atoms with Crippen LogP contribution in [0.5, 0.6) is 11.5 Å². The molecule has 1 amide bonds. The van der Waals surface area contributed by atoms with Crippen LogP contribution < -0.4 is 26.3 Å². The number of hydrogen-bond donors (Lipinski definition) is 3. The number of carbonyl (C=O) groups is 1. The number of halogens is 1. The summed E-state index contributed by atoms with van der Waals surface area (Å²) in [7, 11) is 7.27. The lowest BCUT2D eigenvalue weighted by atomic mass is 10.0. The van der Waals surface area contributed by atoms with Gasteiger partial charge in [-0.3, -0.25) is 9.69 Å². The number of likely N-dealkylation sites (N-methyl/N-ethyl adjacent to an activating group) is 1. The van der Waals surface area contributed by atoms with Gasteiger partial charge in [0.1, 0.15) is 11.6 Å². The summed E-state index contributed by atoms with van der Waals surface area (Å²) >= 11 is 6.37. The Bertz CT molecular complexity index is 1630. The normalized spacial score (nSPS) is 13.9. The maximum absolute atomic E-state index is 13.6. The third-order valence-corrected chi connectivity index (χ3v) is 8.01. The zero-order valence-electron chi connectivity index (χ0n) is 25.5. The summed E-state index contributed by atoms with van der Waals surface area (Å²) in [6.07, 6.45) is 2.04. The zero-order valence-corrected chi connectivity index (χ0v) is 26.3. The number of hydrogen-bond acceptors (Lipinski definition) is 11. The molecule has 44 heavy (non-hydrogen) atoms. The molecular weight excluding hydrogens is 584 g/mol. The maximum Gasteiger partial charge on any atom is 0.256 e. The smallest absolute Gasteiger partial charge is 0.256 e. The van der Waals surface area contributed by atoms with Crippen molar-refractivity contribution in [1.29, 1.82) is 0 Å². The van der Waals surface area contributed by atoms with Crippen molar-refractivity contribution < 1.29 is 18.7 Å². The molecule has 0 aliphatic carbocycles. The largest absolute Gasteiger partial charge is 0.493 e. The van der Waals surface area contributed by atoms with Gasteiger partial charge in [-0.25, -0.2) is 4.98 Å². The SMILES string of the molecule is COc1cc(Cc2cnc(N)nc2N)c2cc(CNc3cc(Cl)ccc3C(=O)N3CCN(CCN(C)C)CC3)oc2c1OC. The van der Waals surface area contributed by atoms with E-state index < -0.39 is 0 Å². The van der Waals surface area contributed by atoms with E-state index in [0.717, 1.165) is 37.1 Å². The molecule has 1 aliphatic heterocycles. The molecule has 4 aromatic rings. The molecule has 3 heterocycles. The van der Waals surface area contributed by atoms with Crippen LogP contribution in [0.4, 0.5) is 17.5 Å². The third-order valence-electron chi connectivity index (χ3n) is 7.77. The van der Waals surface area contributed by atoms with Gasteiger partial charge in [0.25, 0.3) is 5.91 Å². The molecule has 0 bridgehead atoms. The molecule has 234 valence electrons. The van der Waals surface area contributed by atoms with Crippen LogP contribution in [0.2, 0.25) is 5.02 Å². The van der Waals surface area contributed by atoms with Crippen LogP contribution in [0.15, 0.2) is 40.9 Å². The number of carbonyl (C=O) groups excluding carboxylic acids is 1. The minimum absolute atomic E-state index is 0.0296. The second kappa shape index (κ2) is 13.6. The molecule has 0 spiro atoms. The van der Waals surface area contributed by atoms with Crippen molar-refractivity contribution in [1.82, 2.24) is 24.7 Å². The van der Waals surface area contributed by atoms with Crippen LogP contribution in [0.3, 0.4) is 0 Å². The Morgan fingerprint density at radius 3 is 2.55 bits per heavy atom. The number of nitrogens with one attached hydrogen (secondary N) is 1. The first kappa shape index (κ1) is 31.2. The summed E-state index contributed by atoms with van der Waals surface area (Å²) in [5.41, 5.74) is 15.1. The molecule has 0 unspecified atom stereocenters. The number of methoxy groups -OCH3 is 2. The number of fused-ring (bicyclic) bond motifs is 1. The van der Waals surface area contributed by atoms with Crippen LogP contribution in [0.1, 0.15) is 27.2 Å². The van der Waals surface area contributed by atoms with Crippen molar-refractivity contribution >= 4 is 45.9 Å². The molecule has 1 fully saturated rings. The van der Waals surface area contributed by atoms with Crippen molar-refractivity contribution in [3.05, 3.63) is 64.0 Å². The topological polar surface area (TPSA) is 148 Å². The zero-order chi connectivity index (χ0) is 31.4. The number of rotatable bonds is 11. The van der Waals surface area contributed by atoms with Gasteiger partial charge in [0.05, 0.1) is 26.3 Å². The monoisotopic (exact) mass is 622 g/mol. The van der Waals surface area contributed by atoms with Crippen molar-refractivity contribution in [2.75, 3.05) is 84.4 Å². The van der Waals surface area contributed by atoms with Crippen LogP contribution in [0, 0.1) is 0 Å². The van der Waals surface area contributed by atoms with E-state index in [1.807, 2.05) is 17.0 Å². The van der Waals surface area contributed by atoms with E-state index in [4.69, 9.17) is 37.0 Å². The Balaban J connectivity index is 1.37. The molecule has 12 nitrogen and oxygen atoms in total. The standard InChI is InChI=1S/C31H39ClN8O4/c1-38(2)7-8-39-9-11-40(12-10-39)30(41)23-6-5-21(32)15-25(23)35-18-22-16-24-19(13-20-17-36-31(34)37-29(20)33)14-26(42-3)28(43-4)27(24)44-22/h5-6,14-17,35H,7-13,18H2,1-4H3,(H4,33,34,36,37). The van der Waals surface area contributed by atoms with Gasteiger partial charge < -0.3 is 40.5 Å². The molecule has 0 saturated carbocycles. The highest BCUT2D eigenvalue weighted by Crippen LogP contribution is 2.41. The number of amides is 1. The highest BCUT2D eigenvalue weighted by Gasteiger charge is 2.25. The lowest BCUT2D eigenvalue weighted by Gasteiger charge is -2.35. The number of aromatic nitrogens is 2. The third kappa shape index (κ3) is 6.93. The number of furan rings is 1. The maximum atomic E-state index is 13.6. The van der Waals surface area contributed by atoms with E-state index >= 15 is 0 Å². The first-order valence-electron chi connectivity index (χ1n) is 14.4. The highest BCUT2D eigenvalue weighted by atomic mass is 35.5. The molecule has 1 aliphatic rings. The number of nitrogens with two attached hydrogens (primary N) is 2. The van der Waals surface area contributed by atoms with Crippen LogP contribution in [-0.4, -0.2) is 98.2 Å². The molecule has 13 heteroatoms. The summed E-state index contributed by atoms with van der Waals surface area (Å²) in [6, 6.07) is 9.11. The molecule has 1 saturated heterocycles. The first-order chi connectivity index (χ1) is 21.2. The number of ether oxygens (including phenoxy) is 2. The molecule has 5 N–H and O–H groups in total. The fourth-order valence-corrected chi connectivity index (χ4v) is 5.51. The Morgan fingerprint density at radius 2 is 1.86 bits per heavy atom. The van der Waals surface area contributed by atoms with Gasteiger partial charge in [0.2, 0.25) is 11.7 Å². The van der Waals surface area contributed by atoms with Crippen LogP contribution >= 0.6 is 11.6 Å². The van der Waals surface area contributed by atoms with Gasteiger partial charge >= 0.3 is 0 Å². The molecule has 2 aromatic heterocycles. The highest BCUT2D eigenvalue weighted by molar-refractivity contribution is 6.31. The van der Waals surface area contributed by atoms with Gasteiger partial charge in [-0.05, 0) is 50.0 Å². The van der Waals surface area contributed by atoms with E-state index in [2.05, 4.69) is 39.2 Å². The Hall–Kier alpha value is -4.26. The average molecular weight is 623 g/mol.